The van der Waals surface area contributed by atoms with Crippen LogP contribution in [0.2, 0.25) is 0 Å². The minimum Gasteiger partial charge on any atom is -0.359 e. The van der Waals surface area contributed by atoms with Crippen LogP contribution in [0.25, 0.3) is 71.4 Å². The van der Waals surface area contributed by atoms with E-state index in [9.17, 15) is 0 Å². The molecular weight excluding hydrogens is 655 g/mol. The summed E-state index contributed by atoms with van der Waals surface area (Å²) in [7, 11) is 0. The van der Waals surface area contributed by atoms with Crippen LogP contribution in [0.1, 0.15) is 22.7 Å². The van der Waals surface area contributed by atoms with Crippen LogP contribution in [0, 0.1) is 0 Å². The molecule has 254 valence electrons. The van der Waals surface area contributed by atoms with E-state index >= 15 is 0 Å². The second-order valence-corrected chi connectivity index (χ2v) is 13.9. The van der Waals surface area contributed by atoms with Gasteiger partial charge in [0.1, 0.15) is 5.84 Å². The van der Waals surface area contributed by atoms with Gasteiger partial charge in [-0.2, -0.15) is 0 Å². The summed E-state index contributed by atoms with van der Waals surface area (Å²) in [6.07, 6.45) is 6.12. The van der Waals surface area contributed by atoms with Gasteiger partial charge in [0.25, 0.3) is 0 Å². The summed E-state index contributed by atoms with van der Waals surface area (Å²) in [6.45, 7) is 0. The van der Waals surface area contributed by atoms with Gasteiger partial charge in [0.2, 0.25) is 0 Å². The molecule has 3 nitrogen and oxygen atoms in total. The second kappa shape index (κ2) is 13.5. The zero-order valence-electron chi connectivity index (χ0n) is 29.5. The van der Waals surface area contributed by atoms with E-state index in [1.54, 1.807) is 0 Å². The molecule has 0 saturated carbocycles. The average molecular weight is 690 g/mol. The molecular formula is C51H35N3. The number of nitrogens with zero attached hydrogens (tertiary/aromatic N) is 2. The molecule has 3 heteroatoms. The lowest BCUT2D eigenvalue weighted by Gasteiger charge is -2.25. The van der Waals surface area contributed by atoms with Gasteiger partial charge in [-0.25, -0.2) is 4.99 Å². The first-order valence-electron chi connectivity index (χ1n) is 18.4. The fourth-order valence-electron chi connectivity index (χ4n) is 7.63. The number of hydrogen-bond acceptors (Lipinski definition) is 3. The number of nitrogens with one attached hydrogen (secondary N) is 1. The highest BCUT2D eigenvalue weighted by Gasteiger charge is 2.20. The number of fused-ring (bicyclic) bond motifs is 3. The molecule has 1 aliphatic heterocycles. The minimum atomic E-state index is -0.0692. The molecule has 10 rings (SSSR count). The van der Waals surface area contributed by atoms with Gasteiger partial charge in [-0.1, -0.05) is 170 Å². The molecule has 54 heavy (non-hydrogen) atoms. The largest absolute Gasteiger partial charge is 0.359 e. The van der Waals surface area contributed by atoms with Crippen molar-refractivity contribution in [3.8, 4) is 33.4 Å². The predicted octanol–water partition coefficient (Wildman–Crippen LogP) is 12.7. The molecule has 8 aromatic carbocycles. The Kier molecular flexibility index (Phi) is 7.88. The van der Waals surface area contributed by atoms with Gasteiger partial charge in [0, 0.05) is 28.9 Å². The summed E-state index contributed by atoms with van der Waals surface area (Å²) in [6, 6.07) is 65.1. The Morgan fingerprint density at radius 2 is 0.889 bits per heavy atom. The smallest absolute Gasteiger partial charge is 0.134 e. The highest BCUT2D eigenvalue weighted by molar-refractivity contribution is 6.04. The Balaban J connectivity index is 0.997. The third-order valence-corrected chi connectivity index (χ3v) is 10.6. The van der Waals surface area contributed by atoms with Gasteiger partial charge in [-0.05, 0) is 84.1 Å². The highest BCUT2D eigenvalue weighted by atomic mass is 15.0. The Morgan fingerprint density at radius 3 is 1.54 bits per heavy atom. The summed E-state index contributed by atoms with van der Waals surface area (Å²) in [5.74, 6) is 0.850. The molecule has 0 amide bonds. The maximum Gasteiger partial charge on any atom is 0.134 e. The van der Waals surface area contributed by atoms with Gasteiger partial charge in [0.15, 0.2) is 0 Å². The van der Waals surface area contributed by atoms with Crippen LogP contribution < -0.4 is 5.32 Å². The standard InChI is InChI=1S/C51H35N3/c1-3-9-42-29-44(27-17-34(42)7-1)36-13-21-39(22-14-36)49-31-50(40-23-19-38(20-24-40)48-33-52-32-46-11-5-6-12-47(46)48)54-51(53-49)41-25-15-37(16-26-41)45-28-18-35-8-2-4-10-43(35)30-45/h1-33,49H,(H,53,54). The average Bonchev–Trinajstić information content (AvgIpc) is 3.26. The van der Waals surface area contributed by atoms with Crippen molar-refractivity contribution >= 4 is 43.9 Å². The molecule has 1 aliphatic rings. The highest BCUT2D eigenvalue weighted by Crippen LogP contribution is 2.33. The molecule has 0 saturated heterocycles. The molecule has 2 heterocycles. The number of benzene rings is 8. The lowest BCUT2D eigenvalue weighted by atomic mass is 9.95. The van der Waals surface area contributed by atoms with Gasteiger partial charge in [-0.3, -0.25) is 4.98 Å². The SMILES string of the molecule is C1=C(c2ccc(-c3cncc4ccccc34)cc2)N=C(c2ccc(-c3ccc4ccccc4c3)cc2)NC1c1ccc(-c2ccc3ccccc3c2)cc1. The number of rotatable bonds is 6. The predicted molar refractivity (Wildman–Crippen MR) is 226 cm³/mol. The Hall–Kier alpha value is -7.10. The van der Waals surface area contributed by atoms with Crippen molar-refractivity contribution in [1.29, 1.82) is 0 Å². The number of hydrogen-bond donors (Lipinski definition) is 1. The van der Waals surface area contributed by atoms with E-state index in [1.807, 2.05) is 12.4 Å². The van der Waals surface area contributed by atoms with Gasteiger partial charge >= 0.3 is 0 Å². The van der Waals surface area contributed by atoms with Crippen LogP contribution in [0.5, 0.6) is 0 Å². The lowest BCUT2D eigenvalue weighted by Crippen LogP contribution is -2.31. The first kappa shape index (κ1) is 31.6. The minimum absolute atomic E-state index is 0.0692. The van der Waals surface area contributed by atoms with Crippen molar-refractivity contribution in [2.24, 2.45) is 4.99 Å². The van der Waals surface area contributed by atoms with Crippen molar-refractivity contribution in [2.75, 3.05) is 0 Å². The molecule has 0 spiro atoms. The fourth-order valence-corrected chi connectivity index (χ4v) is 7.63. The normalized spacial score (nSPS) is 14.1. The molecule has 0 aliphatic carbocycles. The molecule has 1 aromatic heterocycles. The zero-order chi connectivity index (χ0) is 35.8. The third kappa shape index (κ3) is 6.02. The van der Waals surface area contributed by atoms with Crippen LogP contribution in [-0.4, -0.2) is 10.8 Å². The van der Waals surface area contributed by atoms with E-state index in [-0.39, 0.29) is 6.04 Å². The summed E-state index contributed by atoms with van der Waals surface area (Å²) >= 11 is 0. The first-order valence-corrected chi connectivity index (χ1v) is 18.4. The first-order chi connectivity index (χ1) is 26.7. The van der Waals surface area contributed by atoms with Crippen LogP contribution in [-0.2, 0) is 0 Å². The molecule has 0 fully saturated rings. The maximum atomic E-state index is 5.24. The molecule has 1 N–H and O–H groups in total. The number of amidine groups is 1. The van der Waals surface area contributed by atoms with Crippen molar-refractivity contribution in [2.45, 2.75) is 6.04 Å². The van der Waals surface area contributed by atoms with Crippen LogP contribution in [0.3, 0.4) is 0 Å². The quantitative estimate of drug-likeness (QED) is 0.189. The third-order valence-electron chi connectivity index (χ3n) is 10.6. The van der Waals surface area contributed by atoms with Crippen molar-refractivity contribution in [1.82, 2.24) is 10.3 Å². The van der Waals surface area contributed by atoms with Crippen molar-refractivity contribution in [3.05, 3.63) is 217 Å². The van der Waals surface area contributed by atoms with E-state index in [1.165, 1.54) is 54.7 Å². The van der Waals surface area contributed by atoms with Crippen LogP contribution in [0.4, 0.5) is 0 Å². The second-order valence-electron chi connectivity index (χ2n) is 13.9. The van der Waals surface area contributed by atoms with E-state index < -0.39 is 0 Å². The van der Waals surface area contributed by atoms with E-state index in [4.69, 9.17) is 4.99 Å². The molecule has 0 radical (unpaired) electrons. The molecule has 9 aromatic rings. The topological polar surface area (TPSA) is 37.3 Å². The Morgan fingerprint density at radius 1 is 0.389 bits per heavy atom. The number of aliphatic imine (C=N–C) groups is 1. The summed E-state index contributed by atoms with van der Waals surface area (Å²) < 4.78 is 0. The van der Waals surface area contributed by atoms with E-state index in [2.05, 4.69) is 198 Å². The van der Waals surface area contributed by atoms with Crippen LogP contribution >= 0.6 is 0 Å². The number of pyridine rings is 1. The monoisotopic (exact) mass is 689 g/mol. The summed E-state index contributed by atoms with van der Waals surface area (Å²) in [5.41, 5.74) is 11.3. The maximum absolute atomic E-state index is 5.24. The fraction of sp³-hybridized carbons (Fsp3) is 0.0196. The van der Waals surface area contributed by atoms with Gasteiger partial charge in [0.05, 0.1) is 11.7 Å². The molecule has 1 atom stereocenters. The zero-order valence-corrected chi connectivity index (χ0v) is 29.5. The van der Waals surface area contributed by atoms with Gasteiger partial charge < -0.3 is 5.32 Å². The van der Waals surface area contributed by atoms with Crippen molar-refractivity contribution < 1.29 is 0 Å². The Labute approximate surface area is 314 Å². The number of aromatic nitrogens is 1. The summed E-state index contributed by atoms with van der Waals surface area (Å²) in [5, 5.41) is 11.1. The molecule has 0 bridgehead atoms. The summed E-state index contributed by atoms with van der Waals surface area (Å²) in [4.78, 5) is 9.77. The van der Waals surface area contributed by atoms with Crippen molar-refractivity contribution in [3.63, 3.8) is 0 Å². The molecule has 1 unspecified atom stereocenters. The van der Waals surface area contributed by atoms with Gasteiger partial charge in [-0.15, -0.1) is 0 Å². The lowest BCUT2D eigenvalue weighted by molar-refractivity contribution is 0.781. The van der Waals surface area contributed by atoms with Crippen LogP contribution in [0.15, 0.2) is 205 Å². The van der Waals surface area contributed by atoms with E-state index in [0.717, 1.165) is 39.2 Å². The van der Waals surface area contributed by atoms with E-state index in [0.29, 0.717) is 0 Å². The Bertz CT molecular complexity index is 2880.